The van der Waals surface area contributed by atoms with E-state index in [0.717, 1.165) is 11.3 Å². The molecule has 1 saturated heterocycles. The van der Waals surface area contributed by atoms with E-state index in [1.807, 2.05) is 38.1 Å². The number of hydrogen-bond donors (Lipinski definition) is 1. The van der Waals surface area contributed by atoms with Gasteiger partial charge in [0.05, 0.1) is 18.4 Å². The van der Waals surface area contributed by atoms with E-state index in [1.54, 1.807) is 24.3 Å². The summed E-state index contributed by atoms with van der Waals surface area (Å²) in [5.74, 6) is 0.440. The van der Waals surface area contributed by atoms with Crippen LogP contribution in [0.25, 0.3) is 0 Å². The predicted octanol–water partition coefficient (Wildman–Crippen LogP) is 4.16. The van der Waals surface area contributed by atoms with Gasteiger partial charge in [-0.05, 0) is 56.0 Å². The maximum Gasteiger partial charge on any atom is 0.223 e. The highest BCUT2D eigenvalue weighted by Gasteiger charge is 2.32. The number of carbonyl (C=O) groups is 1. The van der Waals surface area contributed by atoms with E-state index >= 15 is 0 Å². The summed E-state index contributed by atoms with van der Waals surface area (Å²) in [4.78, 5) is 12.7. The van der Waals surface area contributed by atoms with Gasteiger partial charge in [0.2, 0.25) is 15.9 Å². The second-order valence-electron chi connectivity index (χ2n) is 7.75. The van der Waals surface area contributed by atoms with Crippen LogP contribution in [0, 0.1) is 5.92 Å². The predicted molar refractivity (Wildman–Crippen MR) is 123 cm³/mol. The van der Waals surface area contributed by atoms with E-state index in [0.29, 0.717) is 43.1 Å². The van der Waals surface area contributed by atoms with Crippen LogP contribution in [0.15, 0.2) is 48.5 Å². The van der Waals surface area contributed by atoms with Crippen LogP contribution in [0.3, 0.4) is 0 Å². The molecule has 1 atom stereocenters. The Morgan fingerprint density at radius 1 is 1.16 bits per heavy atom. The molecule has 0 aliphatic carbocycles. The molecular weight excluding hydrogens is 436 g/mol. The lowest BCUT2D eigenvalue weighted by Crippen LogP contribution is -2.43. The molecule has 2 aromatic carbocycles. The Labute approximate surface area is 189 Å². The molecule has 8 heteroatoms. The Kier molecular flexibility index (Phi) is 7.97. The van der Waals surface area contributed by atoms with Crippen LogP contribution in [0.1, 0.15) is 43.9 Å². The molecule has 168 valence electrons. The van der Waals surface area contributed by atoms with Gasteiger partial charge in [-0.1, -0.05) is 41.9 Å². The Morgan fingerprint density at radius 2 is 1.81 bits per heavy atom. The first-order valence-electron chi connectivity index (χ1n) is 10.5. The number of amides is 1. The van der Waals surface area contributed by atoms with E-state index in [1.165, 1.54) is 4.31 Å². The number of nitrogens with one attached hydrogen (secondary N) is 1. The second-order valence-corrected chi connectivity index (χ2v) is 10.1. The van der Waals surface area contributed by atoms with Crippen molar-refractivity contribution in [3.63, 3.8) is 0 Å². The number of carbonyl (C=O) groups excluding carboxylic acids is 1. The van der Waals surface area contributed by atoms with Gasteiger partial charge < -0.3 is 10.1 Å². The zero-order valence-corrected chi connectivity index (χ0v) is 19.5. The molecule has 0 aromatic heterocycles. The Morgan fingerprint density at radius 3 is 2.42 bits per heavy atom. The molecule has 0 saturated carbocycles. The molecule has 3 rings (SSSR count). The molecule has 0 radical (unpaired) electrons. The van der Waals surface area contributed by atoms with E-state index in [9.17, 15) is 13.2 Å². The summed E-state index contributed by atoms with van der Waals surface area (Å²) in [7, 11) is -3.48. The molecular formula is C23H29ClN2O4S. The molecule has 1 amide bonds. The van der Waals surface area contributed by atoms with Crippen LogP contribution in [-0.2, 0) is 20.6 Å². The third kappa shape index (κ3) is 6.21. The lowest BCUT2D eigenvalue weighted by Gasteiger charge is -2.31. The molecule has 1 aliphatic heterocycles. The highest BCUT2D eigenvalue weighted by atomic mass is 35.5. The zero-order chi connectivity index (χ0) is 22.4. The van der Waals surface area contributed by atoms with Gasteiger partial charge in [0.1, 0.15) is 5.75 Å². The summed E-state index contributed by atoms with van der Waals surface area (Å²) in [6.07, 6.45) is 1.01. The van der Waals surface area contributed by atoms with Crippen molar-refractivity contribution in [2.75, 3.05) is 19.7 Å². The molecule has 1 N–H and O–H groups in total. The van der Waals surface area contributed by atoms with Gasteiger partial charge in [-0.25, -0.2) is 12.7 Å². The van der Waals surface area contributed by atoms with E-state index in [4.69, 9.17) is 16.3 Å². The average molecular weight is 465 g/mol. The SMILES string of the molecule is CCOc1ccc([C@H](C)NC(=O)C2CCN(S(=O)(=O)Cc3ccccc3Cl)CC2)cc1. The molecule has 0 bridgehead atoms. The fourth-order valence-electron chi connectivity index (χ4n) is 3.73. The van der Waals surface area contributed by atoms with Crippen molar-refractivity contribution in [3.05, 3.63) is 64.7 Å². The quantitative estimate of drug-likeness (QED) is 0.636. The third-order valence-corrected chi connectivity index (χ3v) is 7.76. The Balaban J connectivity index is 1.52. The monoisotopic (exact) mass is 464 g/mol. The van der Waals surface area contributed by atoms with Gasteiger partial charge >= 0.3 is 0 Å². The highest BCUT2D eigenvalue weighted by molar-refractivity contribution is 7.88. The fourth-order valence-corrected chi connectivity index (χ4v) is 5.61. The molecule has 0 spiro atoms. The number of ether oxygens (including phenoxy) is 1. The second kappa shape index (κ2) is 10.5. The number of sulfonamides is 1. The number of benzene rings is 2. The van der Waals surface area contributed by atoms with Crippen LogP contribution >= 0.6 is 11.6 Å². The molecule has 1 fully saturated rings. The summed E-state index contributed by atoms with van der Waals surface area (Å²) >= 11 is 6.11. The third-order valence-electron chi connectivity index (χ3n) is 5.56. The number of halogens is 1. The van der Waals surface area contributed by atoms with Crippen molar-refractivity contribution in [3.8, 4) is 5.75 Å². The van der Waals surface area contributed by atoms with Crippen LogP contribution in [0.4, 0.5) is 0 Å². The smallest absolute Gasteiger partial charge is 0.223 e. The van der Waals surface area contributed by atoms with E-state index in [-0.39, 0.29) is 23.6 Å². The standard InChI is InChI=1S/C23H29ClN2O4S/c1-3-30-21-10-8-18(9-11-21)17(2)25-23(27)19-12-14-26(15-13-19)31(28,29)16-20-6-4-5-7-22(20)24/h4-11,17,19H,3,12-16H2,1-2H3,(H,25,27)/t17-/m0/s1. The topological polar surface area (TPSA) is 75.7 Å². The van der Waals surface area contributed by atoms with Crippen molar-refractivity contribution < 1.29 is 17.9 Å². The molecule has 0 unspecified atom stereocenters. The normalized spacial score (nSPS) is 16.6. The first-order chi connectivity index (χ1) is 14.8. The van der Waals surface area contributed by atoms with Crippen molar-refractivity contribution in [2.24, 2.45) is 5.92 Å². The highest BCUT2D eigenvalue weighted by Crippen LogP contribution is 2.25. The van der Waals surface area contributed by atoms with Crippen molar-refractivity contribution in [1.82, 2.24) is 9.62 Å². The van der Waals surface area contributed by atoms with Crippen molar-refractivity contribution >= 4 is 27.5 Å². The average Bonchev–Trinajstić information content (AvgIpc) is 2.76. The lowest BCUT2D eigenvalue weighted by atomic mass is 9.96. The Hall–Kier alpha value is -2.09. The van der Waals surface area contributed by atoms with Gasteiger partial charge in [-0.3, -0.25) is 4.79 Å². The van der Waals surface area contributed by atoms with Gasteiger partial charge in [-0.2, -0.15) is 0 Å². The van der Waals surface area contributed by atoms with Gasteiger partial charge in [0, 0.05) is 24.0 Å². The summed E-state index contributed by atoms with van der Waals surface area (Å²) in [6.45, 7) is 5.16. The minimum atomic E-state index is -3.48. The summed E-state index contributed by atoms with van der Waals surface area (Å²) in [5.41, 5.74) is 1.59. The lowest BCUT2D eigenvalue weighted by molar-refractivity contribution is -0.126. The van der Waals surface area contributed by atoms with Crippen LogP contribution in [-0.4, -0.2) is 38.3 Å². The number of rotatable bonds is 8. The van der Waals surface area contributed by atoms with Crippen LogP contribution in [0.5, 0.6) is 5.75 Å². The Bertz CT molecular complexity index is 987. The van der Waals surface area contributed by atoms with Crippen LogP contribution < -0.4 is 10.1 Å². The minimum absolute atomic E-state index is 0.0375. The van der Waals surface area contributed by atoms with Crippen molar-refractivity contribution in [1.29, 1.82) is 0 Å². The summed E-state index contributed by atoms with van der Waals surface area (Å²) < 4.78 is 32.5. The molecule has 2 aromatic rings. The molecule has 31 heavy (non-hydrogen) atoms. The molecule has 1 aliphatic rings. The largest absolute Gasteiger partial charge is 0.494 e. The molecule has 6 nitrogen and oxygen atoms in total. The first kappa shape index (κ1) is 23.6. The summed E-state index contributed by atoms with van der Waals surface area (Å²) in [6, 6.07) is 14.5. The molecule has 1 heterocycles. The first-order valence-corrected chi connectivity index (χ1v) is 12.5. The van der Waals surface area contributed by atoms with E-state index in [2.05, 4.69) is 5.32 Å². The maximum atomic E-state index is 12.8. The van der Waals surface area contributed by atoms with Gasteiger partial charge in [-0.15, -0.1) is 0 Å². The number of nitrogens with zero attached hydrogens (tertiary/aromatic N) is 1. The minimum Gasteiger partial charge on any atom is -0.494 e. The van der Waals surface area contributed by atoms with Crippen molar-refractivity contribution in [2.45, 2.75) is 38.5 Å². The summed E-state index contributed by atoms with van der Waals surface area (Å²) in [5, 5.41) is 3.50. The maximum absolute atomic E-state index is 12.8. The van der Waals surface area contributed by atoms with Gasteiger partial charge in [0.15, 0.2) is 0 Å². The van der Waals surface area contributed by atoms with Gasteiger partial charge in [0.25, 0.3) is 0 Å². The fraction of sp³-hybridized carbons (Fsp3) is 0.435. The van der Waals surface area contributed by atoms with Crippen LogP contribution in [0.2, 0.25) is 5.02 Å². The zero-order valence-electron chi connectivity index (χ0n) is 17.9. The number of hydrogen-bond acceptors (Lipinski definition) is 4. The van der Waals surface area contributed by atoms with E-state index < -0.39 is 10.0 Å². The number of piperidine rings is 1.